The second kappa shape index (κ2) is 7.53. The largest absolute Gasteiger partial charge is 0.497 e. The molecule has 0 aliphatic rings. The quantitative estimate of drug-likeness (QED) is 0.761. The van der Waals surface area contributed by atoms with Gasteiger partial charge in [0.15, 0.2) is 0 Å². The van der Waals surface area contributed by atoms with E-state index in [9.17, 15) is 4.39 Å². The Morgan fingerprint density at radius 2 is 1.85 bits per heavy atom. The minimum atomic E-state index is -0.242. The van der Waals surface area contributed by atoms with Gasteiger partial charge in [-0.15, -0.1) is 0 Å². The third-order valence-electron chi connectivity index (χ3n) is 3.22. The van der Waals surface area contributed by atoms with E-state index in [2.05, 4.69) is 29.6 Å². The average molecular weight is 273 g/mol. The highest BCUT2D eigenvalue weighted by atomic mass is 19.1. The highest BCUT2D eigenvalue weighted by Gasteiger charge is 2.03. The zero-order valence-corrected chi connectivity index (χ0v) is 11.7. The van der Waals surface area contributed by atoms with Gasteiger partial charge in [0.1, 0.15) is 11.6 Å². The lowest BCUT2D eigenvalue weighted by atomic mass is 10.1. The Bertz CT molecular complexity index is 528. The van der Waals surface area contributed by atoms with Crippen LogP contribution in [0.5, 0.6) is 5.75 Å². The summed E-state index contributed by atoms with van der Waals surface area (Å²) in [6.45, 7) is 0.761. The van der Waals surface area contributed by atoms with Gasteiger partial charge < -0.3 is 10.1 Å². The van der Waals surface area contributed by atoms with Crippen LogP contribution in [0.25, 0.3) is 0 Å². The Labute approximate surface area is 119 Å². The molecule has 106 valence electrons. The Balaban J connectivity index is 1.73. The van der Waals surface area contributed by atoms with E-state index in [0.717, 1.165) is 25.8 Å². The molecule has 1 N–H and O–H groups in total. The van der Waals surface area contributed by atoms with E-state index in [1.54, 1.807) is 19.2 Å². The fourth-order valence-corrected chi connectivity index (χ4v) is 2.09. The lowest BCUT2D eigenvalue weighted by molar-refractivity contribution is 0.414. The zero-order chi connectivity index (χ0) is 14.2. The summed E-state index contributed by atoms with van der Waals surface area (Å²) in [5.74, 6) is 0.423. The van der Waals surface area contributed by atoms with Crippen molar-refractivity contribution in [3.05, 3.63) is 59.9 Å². The molecular formula is C17H20FNO. The van der Waals surface area contributed by atoms with Crippen LogP contribution in [-0.4, -0.2) is 13.7 Å². The van der Waals surface area contributed by atoms with Crippen molar-refractivity contribution in [3.8, 4) is 5.75 Å². The molecule has 0 aromatic heterocycles. The molecule has 2 rings (SSSR count). The van der Waals surface area contributed by atoms with E-state index in [4.69, 9.17) is 4.74 Å². The third kappa shape index (κ3) is 4.26. The Hall–Kier alpha value is -2.03. The van der Waals surface area contributed by atoms with Gasteiger partial charge in [-0.3, -0.25) is 0 Å². The molecular weight excluding hydrogens is 253 g/mol. The number of methoxy groups -OCH3 is 1. The molecule has 0 spiro atoms. The predicted molar refractivity (Wildman–Crippen MR) is 80.8 cm³/mol. The number of nitrogens with one attached hydrogen (secondary N) is 1. The highest BCUT2D eigenvalue weighted by Crippen LogP contribution is 2.21. The number of rotatable bonds is 7. The van der Waals surface area contributed by atoms with Gasteiger partial charge in [0, 0.05) is 12.6 Å². The topological polar surface area (TPSA) is 21.3 Å². The van der Waals surface area contributed by atoms with Crippen LogP contribution in [-0.2, 0) is 6.42 Å². The minimum Gasteiger partial charge on any atom is -0.497 e. The number of benzene rings is 2. The molecule has 0 bridgehead atoms. The van der Waals surface area contributed by atoms with E-state index < -0.39 is 0 Å². The van der Waals surface area contributed by atoms with Crippen LogP contribution in [0.3, 0.4) is 0 Å². The first-order valence-electron chi connectivity index (χ1n) is 6.91. The van der Waals surface area contributed by atoms with Crippen LogP contribution in [0.2, 0.25) is 0 Å². The maximum Gasteiger partial charge on any atom is 0.146 e. The molecule has 0 saturated carbocycles. The molecule has 0 unspecified atom stereocenters. The second-order valence-electron chi connectivity index (χ2n) is 4.72. The van der Waals surface area contributed by atoms with Gasteiger partial charge in [0.25, 0.3) is 0 Å². The Kier molecular flexibility index (Phi) is 5.42. The van der Waals surface area contributed by atoms with Gasteiger partial charge in [-0.1, -0.05) is 30.3 Å². The highest BCUT2D eigenvalue weighted by molar-refractivity contribution is 5.49. The van der Waals surface area contributed by atoms with Crippen molar-refractivity contribution in [1.82, 2.24) is 0 Å². The van der Waals surface area contributed by atoms with Crippen molar-refractivity contribution in [1.29, 1.82) is 0 Å². The predicted octanol–water partition coefficient (Wildman–Crippen LogP) is 4.27. The molecule has 0 heterocycles. The van der Waals surface area contributed by atoms with Crippen molar-refractivity contribution in [2.45, 2.75) is 19.3 Å². The van der Waals surface area contributed by atoms with E-state index in [0.29, 0.717) is 11.4 Å². The molecule has 2 aromatic carbocycles. The molecule has 0 fully saturated rings. The standard InChI is InChI=1S/C17H20FNO/c1-20-15-10-11-16(18)17(13-15)19-12-6-5-9-14-7-3-2-4-8-14/h2-4,7-8,10-11,13,19H,5-6,9,12H2,1H3. The van der Waals surface area contributed by atoms with Gasteiger partial charge in [0.2, 0.25) is 0 Å². The number of hydrogen-bond acceptors (Lipinski definition) is 2. The molecule has 2 aromatic rings. The maximum atomic E-state index is 13.6. The molecule has 20 heavy (non-hydrogen) atoms. The van der Waals surface area contributed by atoms with E-state index in [-0.39, 0.29) is 5.82 Å². The molecule has 0 atom stereocenters. The SMILES string of the molecule is COc1ccc(F)c(NCCCCc2ccccc2)c1. The fourth-order valence-electron chi connectivity index (χ4n) is 2.09. The third-order valence-corrected chi connectivity index (χ3v) is 3.22. The number of unbranched alkanes of at least 4 members (excludes halogenated alkanes) is 1. The smallest absolute Gasteiger partial charge is 0.146 e. The first kappa shape index (κ1) is 14.4. The summed E-state index contributed by atoms with van der Waals surface area (Å²) in [6.07, 6.45) is 3.15. The maximum absolute atomic E-state index is 13.6. The number of hydrogen-bond donors (Lipinski definition) is 1. The Morgan fingerprint density at radius 1 is 1.05 bits per heavy atom. The number of ether oxygens (including phenoxy) is 1. The second-order valence-corrected chi connectivity index (χ2v) is 4.72. The monoisotopic (exact) mass is 273 g/mol. The normalized spacial score (nSPS) is 10.3. The Morgan fingerprint density at radius 3 is 2.60 bits per heavy atom. The van der Waals surface area contributed by atoms with Crippen LogP contribution >= 0.6 is 0 Å². The van der Waals surface area contributed by atoms with Crippen LogP contribution in [0, 0.1) is 5.82 Å². The molecule has 0 radical (unpaired) electrons. The molecule has 0 amide bonds. The van der Waals surface area contributed by atoms with Crippen molar-refractivity contribution in [3.63, 3.8) is 0 Å². The minimum absolute atomic E-state index is 0.242. The summed E-state index contributed by atoms with van der Waals surface area (Å²) >= 11 is 0. The van der Waals surface area contributed by atoms with Crippen molar-refractivity contribution in [2.24, 2.45) is 0 Å². The summed E-state index contributed by atoms with van der Waals surface area (Å²) in [4.78, 5) is 0. The molecule has 0 aliphatic heterocycles. The van der Waals surface area contributed by atoms with Gasteiger partial charge in [-0.2, -0.15) is 0 Å². The van der Waals surface area contributed by atoms with E-state index in [1.807, 2.05) is 6.07 Å². The van der Waals surface area contributed by atoms with Gasteiger partial charge in [0.05, 0.1) is 12.8 Å². The van der Waals surface area contributed by atoms with Crippen LogP contribution < -0.4 is 10.1 Å². The fraction of sp³-hybridized carbons (Fsp3) is 0.294. The van der Waals surface area contributed by atoms with E-state index >= 15 is 0 Å². The average Bonchev–Trinajstić information content (AvgIpc) is 2.50. The molecule has 3 heteroatoms. The molecule has 2 nitrogen and oxygen atoms in total. The van der Waals surface area contributed by atoms with Crippen molar-refractivity contribution in [2.75, 3.05) is 19.0 Å². The first-order valence-corrected chi connectivity index (χ1v) is 6.91. The van der Waals surface area contributed by atoms with Gasteiger partial charge in [-0.25, -0.2) is 4.39 Å². The van der Waals surface area contributed by atoms with Crippen LogP contribution in [0.1, 0.15) is 18.4 Å². The van der Waals surface area contributed by atoms with E-state index in [1.165, 1.54) is 11.6 Å². The number of anilines is 1. The summed E-state index contributed by atoms with van der Waals surface area (Å²) in [5, 5.41) is 3.12. The van der Waals surface area contributed by atoms with Gasteiger partial charge in [-0.05, 0) is 37.0 Å². The molecule has 0 saturated heterocycles. The van der Waals surface area contributed by atoms with Crippen molar-refractivity contribution >= 4 is 5.69 Å². The van der Waals surface area contributed by atoms with Crippen molar-refractivity contribution < 1.29 is 9.13 Å². The summed E-state index contributed by atoms with van der Waals surface area (Å²) < 4.78 is 18.7. The summed E-state index contributed by atoms with van der Waals surface area (Å²) in [7, 11) is 1.58. The molecule has 0 aliphatic carbocycles. The number of halogens is 1. The van der Waals surface area contributed by atoms with Crippen LogP contribution in [0.15, 0.2) is 48.5 Å². The first-order chi connectivity index (χ1) is 9.79. The zero-order valence-electron chi connectivity index (χ0n) is 11.7. The lowest BCUT2D eigenvalue weighted by Crippen LogP contribution is -2.04. The summed E-state index contributed by atoms with van der Waals surface area (Å²) in [6, 6.07) is 15.1. The number of aryl methyl sites for hydroxylation is 1. The summed E-state index contributed by atoms with van der Waals surface area (Å²) in [5.41, 5.74) is 1.85. The van der Waals surface area contributed by atoms with Crippen LogP contribution in [0.4, 0.5) is 10.1 Å². The van der Waals surface area contributed by atoms with Gasteiger partial charge >= 0.3 is 0 Å². The lowest BCUT2D eigenvalue weighted by Gasteiger charge is -2.09.